The Morgan fingerprint density at radius 2 is 2.07 bits per heavy atom. The minimum atomic E-state index is 0.573. The van der Waals surface area contributed by atoms with Crippen LogP contribution in [0.4, 0.5) is 11.6 Å². The Morgan fingerprint density at radius 1 is 1.21 bits per heavy atom. The van der Waals surface area contributed by atoms with Gasteiger partial charge in [0, 0.05) is 36.3 Å². The Morgan fingerprint density at radius 3 is 2.86 bits per heavy atom. The molecule has 0 unspecified atom stereocenters. The van der Waals surface area contributed by atoms with E-state index >= 15 is 0 Å². The summed E-state index contributed by atoms with van der Waals surface area (Å²) in [7, 11) is 0. The van der Waals surface area contributed by atoms with Gasteiger partial charge in [-0.3, -0.25) is 0 Å². The van der Waals surface area contributed by atoms with E-state index in [1.54, 1.807) is 11.8 Å². The molecule has 1 fully saturated rings. The second-order valence-corrected chi connectivity index (χ2v) is 7.91. The molecule has 3 heterocycles. The third kappa shape index (κ3) is 4.66. The van der Waals surface area contributed by atoms with E-state index in [1.807, 2.05) is 12.1 Å². The molecular formula is C21H25N5OS. The molecule has 0 radical (unpaired) electrons. The molecule has 1 aromatic heterocycles. The number of dihydropyridines is 1. The zero-order valence-corrected chi connectivity index (χ0v) is 17.1. The maximum absolute atomic E-state index is 5.51. The van der Waals surface area contributed by atoms with Crippen molar-refractivity contribution in [3.8, 4) is 0 Å². The third-order valence-electron chi connectivity index (χ3n) is 4.70. The van der Waals surface area contributed by atoms with Crippen molar-refractivity contribution in [3.05, 3.63) is 65.0 Å². The van der Waals surface area contributed by atoms with Gasteiger partial charge >= 0.3 is 0 Å². The number of nitrogens with zero attached hydrogens (tertiary/aromatic N) is 3. The number of aromatic nitrogens is 2. The largest absolute Gasteiger partial charge is 0.385 e. The molecule has 2 N–H and O–H groups in total. The zero-order chi connectivity index (χ0) is 19.3. The number of thioether (sulfide) groups is 1. The van der Waals surface area contributed by atoms with Crippen LogP contribution in [0.25, 0.3) is 0 Å². The average Bonchev–Trinajstić information content (AvgIpc) is 3.25. The molecule has 0 atom stereocenters. The molecule has 2 aromatic rings. The predicted octanol–water partition coefficient (Wildman–Crippen LogP) is 3.76. The summed E-state index contributed by atoms with van der Waals surface area (Å²) < 4.78 is 5.51. The lowest BCUT2D eigenvalue weighted by molar-refractivity contribution is 0.201. The van der Waals surface area contributed by atoms with Crippen LogP contribution in [-0.4, -0.2) is 36.4 Å². The van der Waals surface area contributed by atoms with Crippen LogP contribution in [-0.2, 0) is 10.5 Å². The second-order valence-electron chi connectivity index (χ2n) is 6.97. The number of anilines is 2. The maximum Gasteiger partial charge on any atom is 0.191 e. The number of hydrogen-bond acceptors (Lipinski definition) is 7. The minimum Gasteiger partial charge on any atom is -0.385 e. The first-order chi connectivity index (χ1) is 13.7. The van der Waals surface area contributed by atoms with Gasteiger partial charge in [0.15, 0.2) is 5.16 Å². The normalized spacial score (nSPS) is 16.8. The van der Waals surface area contributed by atoms with Crippen LogP contribution >= 0.6 is 11.8 Å². The number of allylic oxidation sites excluding steroid dienone is 2. The first-order valence-corrected chi connectivity index (χ1v) is 10.4. The lowest BCUT2D eigenvalue weighted by Gasteiger charge is -2.20. The number of hydrogen-bond donors (Lipinski definition) is 2. The van der Waals surface area contributed by atoms with E-state index in [1.165, 1.54) is 11.1 Å². The summed E-state index contributed by atoms with van der Waals surface area (Å²) in [6, 6.07) is 12.4. The van der Waals surface area contributed by atoms with E-state index in [0.717, 1.165) is 53.6 Å². The van der Waals surface area contributed by atoms with Gasteiger partial charge in [-0.25, -0.2) is 9.97 Å². The Bertz CT molecular complexity index is 891. The van der Waals surface area contributed by atoms with Crippen molar-refractivity contribution in [2.24, 2.45) is 0 Å². The summed E-state index contributed by atoms with van der Waals surface area (Å²) >= 11 is 1.65. The number of benzene rings is 1. The van der Waals surface area contributed by atoms with Gasteiger partial charge in [-0.1, -0.05) is 42.1 Å². The number of ether oxygens (including phenoxy) is 1. The Kier molecular flexibility index (Phi) is 5.83. The monoisotopic (exact) mass is 395 g/mol. The van der Waals surface area contributed by atoms with Crippen LogP contribution in [0.1, 0.15) is 19.4 Å². The fourth-order valence-electron chi connectivity index (χ4n) is 3.06. The van der Waals surface area contributed by atoms with Gasteiger partial charge in [-0.05, 0) is 31.1 Å². The van der Waals surface area contributed by atoms with Gasteiger partial charge in [0.25, 0.3) is 0 Å². The molecule has 0 amide bonds. The van der Waals surface area contributed by atoms with Crippen LogP contribution in [0.5, 0.6) is 0 Å². The van der Waals surface area contributed by atoms with Crippen molar-refractivity contribution in [1.29, 1.82) is 0 Å². The van der Waals surface area contributed by atoms with Crippen molar-refractivity contribution < 1.29 is 4.74 Å². The zero-order valence-electron chi connectivity index (χ0n) is 16.2. The summed E-state index contributed by atoms with van der Waals surface area (Å²) in [6.45, 7) is 7.20. The first kappa shape index (κ1) is 18.8. The van der Waals surface area contributed by atoms with Crippen LogP contribution in [0.3, 0.4) is 0 Å². The third-order valence-corrected chi connectivity index (χ3v) is 5.61. The quantitative estimate of drug-likeness (QED) is 0.570. The molecule has 28 heavy (non-hydrogen) atoms. The molecule has 0 aliphatic carbocycles. The molecule has 4 rings (SSSR count). The summed E-state index contributed by atoms with van der Waals surface area (Å²) in [6.07, 6.45) is 2.12. The maximum atomic E-state index is 5.51. The number of nitrogens with one attached hydrogen (secondary N) is 2. The van der Waals surface area contributed by atoms with Crippen molar-refractivity contribution in [2.75, 3.05) is 36.6 Å². The molecule has 7 heteroatoms. The van der Waals surface area contributed by atoms with Crippen molar-refractivity contribution >= 4 is 23.4 Å². The Labute approximate surface area is 170 Å². The van der Waals surface area contributed by atoms with E-state index in [2.05, 4.69) is 59.7 Å². The van der Waals surface area contributed by atoms with Crippen LogP contribution in [0.15, 0.2) is 64.6 Å². The summed E-state index contributed by atoms with van der Waals surface area (Å²) in [4.78, 5) is 11.7. The van der Waals surface area contributed by atoms with Crippen LogP contribution < -0.4 is 15.5 Å². The van der Waals surface area contributed by atoms with Crippen molar-refractivity contribution in [3.63, 3.8) is 0 Å². The molecular weight excluding hydrogens is 370 g/mol. The van der Waals surface area contributed by atoms with E-state index < -0.39 is 0 Å². The fourth-order valence-corrected chi connectivity index (χ4v) is 3.87. The molecule has 6 nitrogen and oxygen atoms in total. The molecule has 146 valence electrons. The minimum absolute atomic E-state index is 0.573. The van der Waals surface area contributed by atoms with Gasteiger partial charge in [-0.15, -0.1) is 0 Å². The molecule has 0 spiro atoms. The summed E-state index contributed by atoms with van der Waals surface area (Å²) in [5.74, 6) is 2.55. The Hall–Kier alpha value is -2.51. The van der Waals surface area contributed by atoms with Gasteiger partial charge in [0.1, 0.15) is 18.4 Å². The molecule has 1 aromatic carbocycles. The molecule has 2 aliphatic heterocycles. The van der Waals surface area contributed by atoms with E-state index in [4.69, 9.17) is 14.7 Å². The molecule has 0 saturated carbocycles. The standard InChI is InChI=1S/C21H25N5OS/c1-15-12-22-16(2)10-18(15)23-19-11-20(26-8-9-27-14-26)25-21(24-19)28-13-17-6-4-3-5-7-17/h3-7,10-11,22H,8-9,12-14H2,1-2H3,(H,23,24,25). The van der Waals surface area contributed by atoms with Crippen LogP contribution in [0, 0.1) is 0 Å². The highest BCUT2D eigenvalue weighted by atomic mass is 32.2. The highest BCUT2D eigenvalue weighted by molar-refractivity contribution is 7.98. The first-order valence-electron chi connectivity index (χ1n) is 9.45. The van der Waals surface area contributed by atoms with E-state index in [9.17, 15) is 0 Å². The van der Waals surface area contributed by atoms with E-state index in [-0.39, 0.29) is 0 Å². The van der Waals surface area contributed by atoms with Crippen LogP contribution in [0.2, 0.25) is 0 Å². The van der Waals surface area contributed by atoms with Gasteiger partial charge < -0.3 is 20.3 Å². The topological polar surface area (TPSA) is 62.3 Å². The predicted molar refractivity (Wildman–Crippen MR) is 114 cm³/mol. The Balaban J connectivity index is 1.58. The molecule has 0 bridgehead atoms. The van der Waals surface area contributed by atoms with Gasteiger partial charge in [0.2, 0.25) is 0 Å². The SMILES string of the molecule is CC1=CC(Nc2cc(N3CCOC3)nc(SCc3ccccc3)n2)=C(C)CN1. The lowest BCUT2D eigenvalue weighted by atomic mass is 10.1. The summed E-state index contributed by atoms with van der Waals surface area (Å²) in [5, 5.41) is 7.62. The van der Waals surface area contributed by atoms with Crippen molar-refractivity contribution in [1.82, 2.24) is 15.3 Å². The molecule has 2 aliphatic rings. The number of rotatable bonds is 6. The molecule has 1 saturated heterocycles. The smallest absolute Gasteiger partial charge is 0.191 e. The highest BCUT2D eigenvalue weighted by Gasteiger charge is 2.17. The van der Waals surface area contributed by atoms with Crippen molar-refractivity contribution in [2.45, 2.75) is 24.8 Å². The van der Waals surface area contributed by atoms with E-state index in [0.29, 0.717) is 6.73 Å². The average molecular weight is 396 g/mol. The van der Waals surface area contributed by atoms with Gasteiger partial charge in [0.05, 0.1) is 6.61 Å². The lowest BCUT2D eigenvalue weighted by Crippen LogP contribution is -2.22. The summed E-state index contributed by atoms with van der Waals surface area (Å²) in [5.41, 5.74) is 4.76. The fraction of sp³-hybridized carbons (Fsp3) is 0.333. The highest BCUT2D eigenvalue weighted by Crippen LogP contribution is 2.27. The van der Waals surface area contributed by atoms with Gasteiger partial charge in [-0.2, -0.15) is 0 Å². The second kappa shape index (κ2) is 8.67.